The van der Waals surface area contributed by atoms with Crippen LogP contribution in [0.5, 0.6) is 0 Å². The van der Waals surface area contributed by atoms with Gasteiger partial charge in [-0.05, 0) is 22.3 Å². The van der Waals surface area contributed by atoms with Crippen LogP contribution in [0.4, 0.5) is 0 Å². The molecule has 0 heterocycles. The van der Waals surface area contributed by atoms with Crippen LogP contribution < -0.4 is 5.32 Å². The van der Waals surface area contributed by atoms with E-state index in [1.807, 2.05) is 56.3 Å². The third-order valence-corrected chi connectivity index (χ3v) is 3.53. The molecule has 0 saturated heterocycles. The summed E-state index contributed by atoms with van der Waals surface area (Å²) in [4.78, 5) is 23.3. The summed E-state index contributed by atoms with van der Waals surface area (Å²) in [5.74, 6) is -1.03. The maximum absolute atomic E-state index is 11.8. The van der Waals surface area contributed by atoms with Crippen molar-refractivity contribution in [2.45, 2.75) is 32.7 Å². The Hall–Kier alpha value is -2.36. The minimum Gasteiger partial charge on any atom is -0.480 e. The van der Waals surface area contributed by atoms with Gasteiger partial charge < -0.3 is 10.4 Å². The molecular weight excluding hydrogens is 278 g/mol. The van der Waals surface area contributed by atoms with Crippen molar-refractivity contribution in [3.8, 4) is 0 Å². The average molecular weight is 299 g/mol. The molecule has 116 valence electrons. The highest BCUT2D eigenvalue weighted by Gasteiger charge is 2.21. The van der Waals surface area contributed by atoms with Crippen molar-refractivity contribution in [1.29, 1.82) is 0 Å². The second-order valence-corrected chi connectivity index (χ2v) is 5.90. The van der Waals surface area contributed by atoms with E-state index in [9.17, 15) is 14.7 Å². The number of carbonyl (C=O) groups excluding carboxylic acids is 1. The number of rotatable bonds is 6. The zero-order chi connectivity index (χ0) is 16.1. The van der Waals surface area contributed by atoms with Gasteiger partial charge in [0.25, 0.3) is 0 Å². The number of hydrogen-bond donors (Lipinski definition) is 2. The number of aliphatic carboxylic acids is 1. The molecule has 0 aliphatic rings. The second kappa shape index (κ2) is 7.07. The lowest BCUT2D eigenvalue weighted by atomic mass is 9.98. The molecule has 0 aromatic heterocycles. The number of hydrogen-bond acceptors (Lipinski definition) is 2. The standard InChI is InChI=1S/C18H21NO3/c1-12(2)10-17(20)19-16(18(21)22)11-14-8-5-7-13-6-3-4-9-15(13)14/h3-9,12,16H,10-11H2,1-2H3,(H,19,20)(H,21,22). The van der Waals surface area contributed by atoms with Gasteiger partial charge in [-0.3, -0.25) is 4.79 Å². The molecule has 1 amide bonds. The molecule has 22 heavy (non-hydrogen) atoms. The Morgan fingerprint density at radius 3 is 2.45 bits per heavy atom. The molecule has 0 saturated carbocycles. The van der Waals surface area contributed by atoms with E-state index >= 15 is 0 Å². The van der Waals surface area contributed by atoms with Gasteiger partial charge in [-0.2, -0.15) is 0 Å². The van der Waals surface area contributed by atoms with E-state index in [1.54, 1.807) is 0 Å². The highest BCUT2D eigenvalue weighted by atomic mass is 16.4. The maximum Gasteiger partial charge on any atom is 0.326 e. The highest BCUT2D eigenvalue weighted by Crippen LogP contribution is 2.20. The lowest BCUT2D eigenvalue weighted by molar-refractivity contribution is -0.141. The Kier molecular flexibility index (Phi) is 5.15. The van der Waals surface area contributed by atoms with Gasteiger partial charge >= 0.3 is 5.97 Å². The summed E-state index contributed by atoms with van der Waals surface area (Å²) in [6.07, 6.45) is 0.611. The fourth-order valence-corrected chi connectivity index (χ4v) is 2.51. The van der Waals surface area contributed by atoms with Crippen molar-refractivity contribution in [2.75, 3.05) is 0 Å². The number of carbonyl (C=O) groups is 2. The first-order valence-corrected chi connectivity index (χ1v) is 7.46. The zero-order valence-electron chi connectivity index (χ0n) is 12.9. The van der Waals surface area contributed by atoms with Crippen molar-refractivity contribution in [1.82, 2.24) is 5.32 Å². The zero-order valence-corrected chi connectivity index (χ0v) is 12.9. The van der Waals surface area contributed by atoms with E-state index in [1.165, 1.54) is 0 Å². The molecule has 2 aromatic carbocycles. The van der Waals surface area contributed by atoms with E-state index in [-0.39, 0.29) is 18.2 Å². The molecule has 2 N–H and O–H groups in total. The Morgan fingerprint density at radius 1 is 1.09 bits per heavy atom. The Morgan fingerprint density at radius 2 is 1.77 bits per heavy atom. The maximum atomic E-state index is 11.8. The Balaban J connectivity index is 2.20. The first-order chi connectivity index (χ1) is 10.5. The van der Waals surface area contributed by atoms with Crippen LogP contribution in [0, 0.1) is 5.92 Å². The molecule has 0 aliphatic carbocycles. The van der Waals surface area contributed by atoms with E-state index in [2.05, 4.69) is 5.32 Å². The van der Waals surface area contributed by atoms with Crippen molar-refractivity contribution in [3.05, 3.63) is 48.0 Å². The number of carboxylic acid groups (broad SMARTS) is 1. The van der Waals surface area contributed by atoms with E-state index in [4.69, 9.17) is 0 Å². The number of carboxylic acids is 1. The van der Waals surface area contributed by atoms with Crippen molar-refractivity contribution in [2.24, 2.45) is 5.92 Å². The molecule has 2 rings (SSSR count). The molecule has 0 spiro atoms. The quantitative estimate of drug-likeness (QED) is 0.861. The molecule has 0 bridgehead atoms. The lowest BCUT2D eigenvalue weighted by Crippen LogP contribution is -2.42. The fraction of sp³-hybridized carbons (Fsp3) is 0.333. The van der Waals surface area contributed by atoms with Crippen molar-refractivity contribution in [3.63, 3.8) is 0 Å². The van der Waals surface area contributed by atoms with Crippen LogP contribution in [0.1, 0.15) is 25.8 Å². The molecular formula is C18H21NO3. The molecule has 0 radical (unpaired) electrons. The fourth-order valence-electron chi connectivity index (χ4n) is 2.51. The van der Waals surface area contributed by atoms with Gasteiger partial charge in [-0.1, -0.05) is 56.3 Å². The molecule has 4 heteroatoms. The number of amides is 1. The van der Waals surface area contributed by atoms with Crippen LogP contribution in [-0.4, -0.2) is 23.0 Å². The van der Waals surface area contributed by atoms with Crippen LogP contribution in [0.2, 0.25) is 0 Å². The molecule has 4 nitrogen and oxygen atoms in total. The van der Waals surface area contributed by atoms with Gasteiger partial charge in [0.1, 0.15) is 6.04 Å². The van der Waals surface area contributed by atoms with E-state index in [0.29, 0.717) is 6.42 Å². The lowest BCUT2D eigenvalue weighted by Gasteiger charge is -2.16. The average Bonchev–Trinajstić information content (AvgIpc) is 2.46. The van der Waals surface area contributed by atoms with Crippen LogP contribution in [0.3, 0.4) is 0 Å². The van der Waals surface area contributed by atoms with Crippen LogP contribution in [0.25, 0.3) is 10.8 Å². The predicted octanol–water partition coefficient (Wildman–Crippen LogP) is 3.00. The second-order valence-electron chi connectivity index (χ2n) is 5.90. The van der Waals surface area contributed by atoms with Crippen LogP contribution in [-0.2, 0) is 16.0 Å². The third kappa shape index (κ3) is 4.07. The summed E-state index contributed by atoms with van der Waals surface area (Å²) < 4.78 is 0. The summed E-state index contributed by atoms with van der Waals surface area (Å²) in [5.41, 5.74) is 0.926. The summed E-state index contributed by atoms with van der Waals surface area (Å²) in [7, 11) is 0. The number of nitrogens with one attached hydrogen (secondary N) is 1. The first-order valence-electron chi connectivity index (χ1n) is 7.46. The minimum absolute atomic E-state index is 0.201. The molecule has 0 aliphatic heterocycles. The Bertz CT molecular complexity index is 674. The topological polar surface area (TPSA) is 66.4 Å². The molecule has 1 unspecified atom stereocenters. The van der Waals surface area contributed by atoms with Crippen LogP contribution >= 0.6 is 0 Å². The van der Waals surface area contributed by atoms with E-state index in [0.717, 1.165) is 16.3 Å². The monoisotopic (exact) mass is 299 g/mol. The summed E-state index contributed by atoms with van der Waals surface area (Å²) in [5, 5.41) is 14.1. The van der Waals surface area contributed by atoms with Gasteiger partial charge in [0.15, 0.2) is 0 Å². The van der Waals surface area contributed by atoms with Gasteiger partial charge in [-0.15, -0.1) is 0 Å². The molecule has 1 atom stereocenters. The highest BCUT2D eigenvalue weighted by molar-refractivity contribution is 5.88. The van der Waals surface area contributed by atoms with Gasteiger partial charge in [0.2, 0.25) is 5.91 Å². The first kappa shape index (κ1) is 16.0. The largest absolute Gasteiger partial charge is 0.480 e. The third-order valence-electron chi connectivity index (χ3n) is 3.53. The Labute approximate surface area is 130 Å². The predicted molar refractivity (Wildman–Crippen MR) is 86.7 cm³/mol. The van der Waals surface area contributed by atoms with E-state index < -0.39 is 12.0 Å². The normalized spacial score (nSPS) is 12.3. The van der Waals surface area contributed by atoms with Gasteiger partial charge in [0, 0.05) is 12.8 Å². The minimum atomic E-state index is -1.01. The smallest absolute Gasteiger partial charge is 0.326 e. The van der Waals surface area contributed by atoms with Crippen molar-refractivity contribution >= 4 is 22.6 Å². The summed E-state index contributed by atoms with van der Waals surface area (Å²) in [6, 6.07) is 12.7. The number of benzene rings is 2. The molecule has 0 fully saturated rings. The summed E-state index contributed by atoms with van der Waals surface area (Å²) >= 11 is 0. The SMILES string of the molecule is CC(C)CC(=O)NC(Cc1cccc2ccccc12)C(=O)O. The number of fused-ring (bicyclic) bond motifs is 1. The molecule has 2 aromatic rings. The summed E-state index contributed by atoms with van der Waals surface area (Å²) in [6.45, 7) is 3.86. The van der Waals surface area contributed by atoms with Gasteiger partial charge in [0.05, 0.1) is 0 Å². The van der Waals surface area contributed by atoms with Crippen LogP contribution in [0.15, 0.2) is 42.5 Å². The van der Waals surface area contributed by atoms with Crippen molar-refractivity contribution < 1.29 is 14.7 Å². The van der Waals surface area contributed by atoms with Gasteiger partial charge in [-0.25, -0.2) is 4.79 Å².